The molecule has 0 amide bonds. The van der Waals surface area contributed by atoms with Crippen LogP contribution in [0.25, 0.3) is 11.4 Å². The zero-order chi connectivity index (χ0) is 16.9. The Morgan fingerprint density at radius 1 is 1.04 bits per heavy atom. The standard InChI is InChI=1S/C19H28N4O/c1-15(2)9-10-22-11-13-23(14-12-22)16(3)19-20-18(21-24-19)17-7-5-4-6-8-17/h4-8,15-16H,9-14H2,1-3H3/t16-/m1/s1. The van der Waals surface area contributed by atoms with E-state index in [1.54, 1.807) is 0 Å². The number of rotatable bonds is 6. The number of hydrogen-bond donors (Lipinski definition) is 0. The molecule has 130 valence electrons. The highest BCUT2D eigenvalue weighted by molar-refractivity contribution is 5.53. The molecule has 0 aliphatic carbocycles. The zero-order valence-corrected chi connectivity index (χ0v) is 15.0. The lowest BCUT2D eigenvalue weighted by Crippen LogP contribution is -2.47. The van der Waals surface area contributed by atoms with Gasteiger partial charge in [0.1, 0.15) is 0 Å². The van der Waals surface area contributed by atoms with Gasteiger partial charge in [0, 0.05) is 31.7 Å². The van der Waals surface area contributed by atoms with Crippen LogP contribution in [-0.4, -0.2) is 52.7 Å². The average Bonchev–Trinajstić information content (AvgIpc) is 3.10. The maximum Gasteiger partial charge on any atom is 0.244 e. The van der Waals surface area contributed by atoms with Crippen LogP contribution in [0.1, 0.15) is 39.1 Å². The first kappa shape index (κ1) is 17.1. The molecule has 1 aliphatic rings. The van der Waals surface area contributed by atoms with Crippen LogP contribution in [0.5, 0.6) is 0 Å². The van der Waals surface area contributed by atoms with Gasteiger partial charge >= 0.3 is 0 Å². The van der Waals surface area contributed by atoms with Crippen LogP contribution in [0.2, 0.25) is 0 Å². The maximum absolute atomic E-state index is 5.52. The molecule has 1 atom stereocenters. The van der Waals surface area contributed by atoms with Crippen LogP contribution in [0.15, 0.2) is 34.9 Å². The Morgan fingerprint density at radius 3 is 2.42 bits per heavy atom. The number of benzene rings is 1. The Hall–Kier alpha value is -1.72. The highest BCUT2D eigenvalue weighted by Crippen LogP contribution is 2.23. The lowest BCUT2D eigenvalue weighted by Gasteiger charge is -2.37. The molecule has 1 aromatic heterocycles. The lowest BCUT2D eigenvalue weighted by atomic mass is 10.1. The van der Waals surface area contributed by atoms with E-state index in [1.165, 1.54) is 13.0 Å². The molecule has 0 saturated carbocycles. The molecular weight excluding hydrogens is 300 g/mol. The van der Waals surface area contributed by atoms with Gasteiger partial charge in [-0.1, -0.05) is 49.3 Å². The van der Waals surface area contributed by atoms with Gasteiger partial charge in [0.15, 0.2) is 0 Å². The molecule has 1 aromatic carbocycles. The van der Waals surface area contributed by atoms with E-state index in [4.69, 9.17) is 4.52 Å². The molecule has 1 saturated heterocycles. The molecule has 0 unspecified atom stereocenters. The second kappa shape index (κ2) is 7.90. The van der Waals surface area contributed by atoms with Crippen molar-refractivity contribution < 1.29 is 4.52 Å². The van der Waals surface area contributed by atoms with E-state index in [2.05, 4.69) is 40.7 Å². The van der Waals surface area contributed by atoms with Crippen molar-refractivity contribution in [1.82, 2.24) is 19.9 Å². The highest BCUT2D eigenvalue weighted by atomic mass is 16.5. The van der Waals surface area contributed by atoms with Crippen LogP contribution in [0, 0.1) is 5.92 Å². The molecule has 3 rings (SSSR count). The Balaban J connectivity index is 1.56. The van der Waals surface area contributed by atoms with Gasteiger partial charge in [-0.05, 0) is 25.8 Å². The van der Waals surface area contributed by atoms with Crippen LogP contribution >= 0.6 is 0 Å². The lowest BCUT2D eigenvalue weighted by molar-refractivity contribution is 0.0858. The highest BCUT2D eigenvalue weighted by Gasteiger charge is 2.25. The Kier molecular flexibility index (Phi) is 5.63. The van der Waals surface area contributed by atoms with Crippen molar-refractivity contribution in [2.75, 3.05) is 32.7 Å². The first-order chi connectivity index (χ1) is 11.6. The van der Waals surface area contributed by atoms with Crippen molar-refractivity contribution in [2.45, 2.75) is 33.2 Å². The smallest absolute Gasteiger partial charge is 0.244 e. The summed E-state index contributed by atoms with van der Waals surface area (Å²) in [5.41, 5.74) is 0.998. The molecule has 2 aromatic rings. The second-order valence-corrected chi connectivity index (χ2v) is 7.06. The van der Waals surface area contributed by atoms with E-state index in [-0.39, 0.29) is 6.04 Å². The third-order valence-electron chi connectivity index (χ3n) is 4.81. The molecule has 0 spiro atoms. The van der Waals surface area contributed by atoms with Gasteiger partial charge < -0.3 is 9.42 Å². The fourth-order valence-corrected chi connectivity index (χ4v) is 3.08. The number of nitrogens with zero attached hydrogens (tertiary/aromatic N) is 4. The summed E-state index contributed by atoms with van der Waals surface area (Å²) in [6.45, 7) is 12.3. The minimum Gasteiger partial charge on any atom is -0.337 e. The van der Waals surface area contributed by atoms with Gasteiger partial charge in [-0.3, -0.25) is 4.90 Å². The van der Waals surface area contributed by atoms with E-state index < -0.39 is 0 Å². The molecule has 0 N–H and O–H groups in total. The zero-order valence-electron chi connectivity index (χ0n) is 15.0. The molecule has 5 heteroatoms. The van der Waals surface area contributed by atoms with Crippen molar-refractivity contribution >= 4 is 0 Å². The summed E-state index contributed by atoms with van der Waals surface area (Å²) in [5.74, 6) is 2.16. The summed E-state index contributed by atoms with van der Waals surface area (Å²) in [5, 5.41) is 4.14. The van der Waals surface area contributed by atoms with Crippen LogP contribution in [0.4, 0.5) is 0 Å². The van der Waals surface area contributed by atoms with Gasteiger partial charge in [-0.2, -0.15) is 4.98 Å². The number of hydrogen-bond acceptors (Lipinski definition) is 5. The van der Waals surface area contributed by atoms with Gasteiger partial charge in [0.25, 0.3) is 0 Å². The SMILES string of the molecule is CC(C)CCN1CCN([C@H](C)c2nc(-c3ccccc3)no2)CC1. The van der Waals surface area contributed by atoms with E-state index in [0.717, 1.165) is 37.7 Å². The molecule has 1 fully saturated rings. The first-order valence-corrected chi connectivity index (χ1v) is 8.99. The molecule has 0 bridgehead atoms. The molecule has 1 aliphatic heterocycles. The Labute approximate surface area is 144 Å². The van der Waals surface area contributed by atoms with Crippen LogP contribution < -0.4 is 0 Å². The summed E-state index contributed by atoms with van der Waals surface area (Å²) in [4.78, 5) is 9.60. The molecule has 0 radical (unpaired) electrons. The van der Waals surface area contributed by atoms with E-state index >= 15 is 0 Å². The summed E-state index contributed by atoms with van der Waals surface area (Å²) < 4.78 is 5.52. The van der Waals surface area contributed by atoms with Crippen molar-refractivity contribution in [2.24, 2.45) is 5.92 Å². The van der Waals surface area contributed by atoms with E-state index in [1.807, 2.05) is 30.3 Å². The topological polar surface area (TPSA) is 45.4 Å². The fraction of sp³-hybridized carbons (Fsp3) is 0.579. The molecule has 5 nitrogen and oxygen atoms in total. The summed E-state index contributed by atoms with van der Waals surface area (Å²) in [6.07, 6.45) is 1.28. The predicted molar refractivity (Wildman–Crippen MR) is 95.6 cm³/mol. The van der Waals surface area contributed by atoms with Gasteiger partial charge in [-0.15, -0.1) is 0 Å². The minimum absolute atomic E-state index is 0.169. The summed E-state index contributed by atoms with van der Waals surface area (Å²) in [6, 6.07) is 10.2. The summed E-state index contributed by atoms with van der Waals surface area (Å²) >= 11 is 0. The molecule has 24 heavy (non-hydrogen) atoms. The maximum atomic E-state index is 5.52. The van der Waals surface area contributed by atoms with Gasteiger partial charge in [0.2, 0.25) is 11.7 Å². The average molecular weight is 328 g/mol. The normalized spacial score (nSPS) is 18.2. The van der Waals surface area contributed by atoms with E-state index in [9.17, 15) is 0 Å². The summed E-state index contributed by atoms with van der Waals surface area (Å²) in [7, 11) is 0. The fourth-order valence-electron chi connectivity index (χ4n) is 3.08. The molecular formula is C19H28N4O. The predicted octanol–water partition coefficient (Wildman–Crippen LogP) is 3.46. The Morgan fingerprint density at radius 2 is 1.75 bits per heavy atom. The third-order valence-corrected chi connectivity index (χ3v) is 4.81. The Bertz CT molecular complexity index is 617. The van der Waals surface area contributed by atoms with Crippen molar-refractivity contribution in [1.29, 1.82) is 0 Å². The van der Waals surface area contributed by atoms with Crippen molar-refractivity contribution in [3.8, 4) is 11.4 Å². The van der Waals surface area contributed by atoms with Crippen LogP contribution in [-0.2, 0) is 0 Å². The largest absolute Gasteiger partial charge is 0.337 e. The van der Waals surface area contributed by atoms with Crippen LogP contribution in [0.3, 0.4) is 0 Å². The minimum atomic E-state index is 0.169. The monoisotopic (exact) mass is 328 g/mol. The molecule has 2 heterocycles. The van der Waals surface area contributed by atoms with Gasteiger partial charge in [-0.25, -0.2) is 0 Å². The van der Waals surface area contributed by atoms with Crippen molar-refractivity contribution in [3.63, 3.8) is 0 Å². The second-order valence-electron chi connectivity index (χ2n) is 7.06. The van der Waals surface area contributed by atoms with E-state index in [0.29, 0.717) is 11.7 Å². The van der Waals surface area contributed by atoms with Gasteiger partial charge in [0.05, 0.1) is 6.04 Å². The number of aromatic nitrogens is 2. The third kappa shape index (κ3) is 4.22. The first-order valence-electron chi connectivity index (χ1n) is 8.99. The van der Waals surface area contributed by atoms with Crippen molar-refractivity contribution in [3.05, 3.63) is 36.2 Å². The quantitative estimate of drug-likeness (QED) is 0.812. The number of piperazine rings is 1.